The average Bonchev–Trinajstić information content (AvgIpc) is 2.70. The van der Waals surface area contributed by atoms with E-state index < -0.39 is 0 Å². The highest BCUT2D eigenvalue weighted by Gasteiger charge is 2.22. The van der Waals surface area contributed by atoms with Gasteiger partial charge in [0, 0.05) is 39.3 Å². The number of likely N-dealkylation sites (N-methyl/N-ethyl adjacent to an activating group) is 1. The molecule has 0 spiro atoms. The number of benzene rings is 1. The molecule has 2 unspecified atom stereocenters. The Morgan fingerprint density at radius 2 is 1.75 bits per heavy atom. The zero-order valence-electron chi connectivity index (χ0n) is 18.3. The summed E-state index contributed by atoms with van der Waals surface area (Å²) in [5, 5.41) is 7.07. The van der Waals surface area contributed by atoms with Crippen molar-refractivity contribution < 1.29 is 4.74 Å². The molecule has 158 valence electrons. The minimum Gasteiger partial charge on any atom is -0.379 e. The van der Waals surface area contributed by atoms with Gasteiger partial charge in [0.25, 0.3) is 0 Å². The van der Waals surface area contributed by atoms with E-state index in [1.807, 2.05) is 7.05 Å². The van der Waals surface area contributed by atoms with Gasteiger partial charge < -0.3 is 20.3 Å². The molecule has 0 aromatic heterocycles. The SMILES string of the molecule is CN=C(NCC(c1ccccc1)N(C)C)NCC(CC(C)C)N1CCOCC1. The van der Waals surface area contributed by atoms with Crippen molar-refractivity contribution in [3.63, 3.8) is 0 Å². The number of aliphatic imine (C=N–C) groups is 1. The van der Waals surface area contributed by atoms with E-state index in [-0.39, 0.29) is 0 Å². The van der Waals surface area contributed by atoms with Crippen molar-refractivity contribution in [2.24, 2.45) is 10.9 Å². The highest BCUT2D eigenvalue weighted by Crippen LogP contribution is 2.17. The predicted octanol–water partition coefficient (Wildman–Crippen LogP) is 2.20. The Morgan fingerprint density at radius 3 is 2.32 bits per heavy atom. The molecule has 28 heavy (non-hydrogen) atoms. The lowest BCUT2D eigenvalue weighted by molar-refractivity contribution is 0.0132. The molecule has 1 saturated heterocycles. The van der Waals surface area contributed by atoms with Crippen LogP contribution in [0, 0.1) is 5.92 Å². The fraction of sp³-hybridized carbons (Fsp3) is 0.682. The molecule has 0 radical (unpaired) electrons. The standard InChI is InChI=1S/C22H39N5O/c1-18(2)15-20(27-11-13-28-14-12-27)16-24-22(23-3)25-17-21(26(4)5)19-9-7-6-8-10-19/h6-10,18,20-21H,11-17H2,1-5H3,(H2,23,24,25). The van der Waals surface area contributed by atoms with Crippen LogP contribution in [0.4, 0.5) is 0 Å². The second kappa shape index (κ2) is 12.0. The number of rotatable bonds is 9. The van der Waals surface area contributed by atoms with Crippen LogP contribution in [0.1, 0.15) is 31.9 Å². The van der Waals surface area contributed by atoms with E-state index in [9.17, 15) is 0 Å². The third-order valence-electron chi connectivity index (χ3n) is 5.30. The molecule has 2 atom stereocenters. The molecule has 6 nitrogen and oxygen atoms in total. The van der Waals surface area contributed by atoms with Gasteiger partial charge in [-0.3, -0.25) is 9.89 Å². The van der Waals surface area contributed by atoms with Crippen molar-refractivity contribution in [2.75, 3.05) is 60.5 Å². The van der Waals surface area contributed by atoms with Gasteiger partial charge in [0.05, 0.1) is 19.3 Å². The average molecular weight is 390 g/mol. The van der Waals surface area contributed by atoms with E-state index in [4.69, 9.17) is 4.74 Å². The van der Waals surface area contributed by atoms with E-state index in [1.165, 1.54) is 12.0 Å². The normalized spacial score (nSPS) is 18.3. The third kappa shape index (κ3) is 7.41. The van der Waals surface area contributed by atoms with Crippen LogP contribution in [0.25, 0.3) is 0 Å². The first-order chi connectivity index (χ1) is 13.5. The molecular weight excluding hydrogens is 350 g/mol. The first-order valence-corrected chi connectivity index (χ1v) is 10.5. The highest BCUT2D eigenvalue weighted by molar-refractivity contribution is 5.79. The molecule has 0 saturated carbocycles. The van der Waals surface area contributed by atoms with E-state index in [0.717, 1.165) is 45.4 Å². The molecule has 0 aliphatic carbocycles. The number of hydrogen-bond donors (Lipinski definition) is 2. The molecule has 1 aliphatic heterocycles. The third-order valence-corrected chi connectivity index (χ3v) is 5.30. The van der Waals surface area contributed by atoms with Crippen molar-refractivity contribution >= 4 is 5.96 Å². The van der Waals surface area contributed by atoms with Crippen LogP contribution in [0.3, 0.4) is 0 Å². The molecule has 1 aromatic carbocycles. The number of morpholine rings is 1. The summed E-state index contributed by atoms with van der Waals surface area (Å²) in [7, 11) is 6.08. The number of guanidine groups is 1. The fourth-order valence-electron chi connectivity index (χ4n) is 3.75. The van der Waals surface area contributed by atoms with Gasteiger partial charge in [-0.2, -0.15) is 0 Å². The summed E-state index contributed by atoms with van der Waals surface area (Å²) in [5.41, 5.74) is 1.31. The number of nitrogens with zero attached hydrogens (tertiary/aromatic N) is 3. The van der Waals surface area contributed by atoms with Crippen LogP contribution < -0.4 is 10.6 Å². The smallest absolute Gasteiger partial charge is 0.191 e. The fourth-order valence-corrected chi connectivity index (χ4v) is 3.75. The number of hydrogen-bond acceptors (Lipinski definition) is 4. The summed E-state index contributed by atoms with van der Waals surface area (Å²) < 4.78 is 5.53. The first-order valence-electron chi connectivity index (χ1n) is 10.5. The van der Waals surface area contributed by atoms with Gasteiger partial charge in [0.2, 0.25) is 0 Å². The second-order valence-electron chi connectivity index (χ2n) is 8.16. The van der Waals surface area contributed by atoms with Crippen molar-refractivity contribution in [1.82, 2.24) is 20.4 Å². The summed E-state index contributed by atoms with van der Waals surface area (Å²) in [4.78, 5) is 9.23. The van der Waals surface area contributed by atoms with Gasteiger partial charge in [-0.15, -0.1) is 0 Å². The Bertz CT molecular complexity index is 570. The van der Waals surface area contributed by atoms with Crippen LogP contribution in [-0.4, -0.2) is 82.3 Å². The maximum absolute atomic E-state index is 5.53. The van der Waals surface area contributed by atoms with Crippen molar-refractivity contribution in [2.45, 2.75) is 32.4 Å². The summed E-state index contributed by atoms with van der Waals surface area (Å²) >= 11 is 0. The zero-order valence-corrected chi connectivity index (χ0v) is 18.3. The molecule has 6 heteroatoms. The van der Waals surface area contributed by atoms with E-state index in [1.54, 1.807) is 0 Å². The predicted molar refractivity (Wildman–Crippen MR) is 118 cm³/mol. The van der Waals surface area contributed by atoms with Gasteiger partial charge in [0.15, 0.2) is 5.96 Å². The molecule has 1 fully saturated rings. The Labute approximate surface area is 171 Å². The van der Waals surface area contributed by atoms with Crippen LogP contribution in [0.2, 0.25) is 0 Å². The molecule has 0 amide bonds. The summed E-state index contributed by atoms with van der Waals surface area (Å²) in [5.74, 6) is 1.53. The maximum atomic E-state index is 5.53. The Balaban J connectivity index is 1.90. The molecule has 2 N–H and O–H groups in total. The Morgan fingerprint density at radius 1 is 1.11 bits per heavy atom. The maximum Gasteiger partial charge on any atom is 0.191 e. The molecule has 0 bridgehead atoms. The second-order valence-corrected chi connectivity index (χ2v) is 8.16. The summed E-state index contributed by atoms with van der Waals surface area (Å²) in [6.45, 7) is 10.00. The summed E-state index contributed by atoms with van der Waals surface area (Å²) in [6.07, 6.45) is 1.17. The summed E-state index contributed by atoms with van der Waals surface area (Å²) in [6, 6.07) is 11.4. The molecular formula is C22H39N5O. The lowest BCUT2D eigenvalue weighted by Gasteiger charge is -2.36. The topological polar surface area (TPSA) is 52.1 Å². The quantitative estimate of drug-likeness (QED) is 0.501. The highest BCUT2D eigenvalue weighted by atomic mass is 16.5. The van der Waals surface area contributed by atoms with E-state index >= 15 is 0 Å². The van der Waals surface area contributed by atoms with Crippen molar-refractivity contribution in [3.05, 3.63) is 35.9 Å². The number of ether oxygens (including phenoxy) is 1. The first kappa shape index (κ1) is 22.7. The van der Waals surface area contributed by atoms with E-state index in [2.05, 4.69) is 83.7 Å². The molecule has 1 aliphatic rings. The van der Waals surface area contributed by atoms with Crippen LogP contribution in [-0.2, 0) is 4.74 Å². The molecule has 1 aromatic rings. The minimum atomic E-state index is 0.297. The van der Waals surface area contributed by atoms with Gasteiger partial charge in [-0.05, 0) is 32.0 Å². The Kier molecular flexibility index (Phi) is 9.75. The Hall–Kier alpha value is -1.63. The molecule has 1 heterocycles. The van der Waals surface area contributed by atoms with Crippen molar-refractivity contribution in [1.29, 1.82) is 0 Å². The lowest BCUT2D eigenvalue weighted by Crippen LogP contribution is -2.51. The largest absolute Gasteiger partial charge is 0.379 e. The van der Waals surface area contributed by atoms with Gasteiger partial charge >= 0.3 is 0 Å². The van der Waals surface area contributed by atoms with Gasteiger partial charge in [-0.25, -0.2) is 0 Å². The van der Waals surface area contributed by atoms with Crippen LogP contribution in [0.5, 0.6) is 0 Å². The minimum absolute atomic E-state index is 0.297. The van der Waals surface area contributed by atoms with Crippen molar-refractivity contribution in [3.8, 4) is 0 Å². The van der Waals surface area contributed by atoms with Gasteiger partial charge in [0.1, 0.15) is 0 Å². The van der Waals surface area contributed by atoms with Crippen LogP contribution in [0.15, 0.2) is 35.3 Å². The monoisotopic (exact) mass is 389 g/mol. The lowest BCUT2D eigenvalue weighted by atomic mass is 10.0. The zero-order chi connectivity index (χ0) is 20.4. The molecule has 2 rings (SSSR count). The number of nitrogens with one attached hydrogen (secondary N) is 2. The van der Waals surface area contributed by atoms with Crippen LogP contribution >= 0.6 is 0 Å². The van der Waals surface area contributed by atoms with E-state index in [0.29, 0.717) is 18.0 Å². The van der Waals surface area contributed by atoms with Gasteiger partial charge in [-0.1, -0.05) is 44.2 Å².